The van der Waals surface area contributed by atoms with Crippen LogP contribution in [0.2, 0.25) is 0 Å². The van der Waals surface area contributed by atoms with Crippen molar-refractivity contribution in [1.82, 2.24) is 5.32 Å². The first-order valence-electron chi connectivity index (χ1n) is 4.86. The summed E-state index contributed by atoms with van der Waals surface area (Å²) in [6.45, 7) is 4.31. The van der Waals surface area contributed by atoms with Crippen molar-refractivity contribution in [2.75, 3.05) is 25.1 Å². The molecule has 1 fully saturated rings. The van der Waals surface area contributed by atoms with Crippen molar-refractivity contribution in [3.05, 3.63) is 0 Å². The molecule has 0 radical (unpaired) electrons. The molecule has 0 aromatic heterocycles. The monoisotopic (exact) mass is 205 g/mol. The molecule has 0 aliphatic carbocycles. The lowest BCUT2D eigenvalue weighted by Crippen LogP contribution is -2.53. The van der Waals surface area contributed by atoms with Crippen LogP contribution in [0.4, 0.5) is 0 Å². The second kappa shape index (κ2) is 3.96. The van der Waals surface area contributed by atoms with Crippen LogP contribution in [0, 0.1) is 5.41 Å². The first kappa shape index (κ1) is 11.0. The van der Waals surface area contributed by atoms with Gasteiger partial charge in [-0.25, -0.2) is 8.42 Å². The van der Waals surface area contributed by atoms with Crippen LogP contribution in [0.3, 0.4) is 0 Å². The molecule has 0 atom stereocenters. The topological polar surface area (TPSA) is 46.2 Å². The van der Waals surface area contributed by atoms with Crippen molar-refractivity contribution in [3.8, 4) is 0 Å². The molecular weight excluding hydrogens is 186 g/mol. The summed E-state index contributed by atoms with van der Waals surface area (Å²) in [6.07, 6.45) is 4.33. The molecule has 0 unspecified atom stereocenters. The van der Waals surface area contributed by atoms with E-state index in [4.69, 9.17) is 0 Å². The van der Waals surface area contributed by atoms with Crippen LogP contribution in [-0.4, -0.2) is 33.5 Å². The fourth-order valence-corrected chi connectivity index (χ4v) is 2.46. The fraction of sp³-hybridized carbons (Fsp3) is 1.00. The van der Waals surface area contributed by atoms with E-state index in [0.717, 1.165) is 32.4 Å². The van der Waals surface area contributed by atoms with Crippen molar-refractivity contribution in [1.29, 1.82) is 0 Å². The maximum absolute atomic E-state index is 10.9. The molecule has 0 spiro atoms. The van der Waals surface area contributed by atoms with Gasteiger partial charge >= 0.3 is 0 Å². The molecule has 1 saturated heterocycles. The molecule has 78 valence electrons. The number of rotatable bonds is 5. The Bertz CT molecular complexity index is 249. The van der Waals surface area contributed by atoms with Crippen molar-refractivity contribution >= 4 is 9.84 Å². The molecule has 1 aliphatic heterocycles. The highest BCUT2D eigenvalue weighted by Crippen LogP contribution is 2.32. The lowest BCUT2D eigenvalue weighted by Gasteiger charge is -2.42. The Morgan fingerprint density at radius 3 is 2.31 bits per heavy atom. The lowest BCUT2D eigenvalue weighted by atomic mass is 9.76. The summed E-state index contributed by atoms with van der Waals surface area (Å²) in [5.41, 5.74) is 0.407. The molecule has 13 heavy (non-hydrogen) atoms. The van der Waals surface area contributed by atoms with Crippen LogP contribution in [0.5, 0.6) is 0 Å². The maximum atomic E-state index is 10.9. The molecule has 1 aliphatic rings. The van der Waals surface area contributed by atoms with Gasteiger partial charge in [0.05, 0.1) is 0 Å². The molecule has 0 aromatic carbocycles. The highest BCUT2D eigenvalue weighted by molar-refractivity contribution is 7.90. The first-order chi connectivity index (χ1) is 5.97. The summed E-state index contributed by atoms with van der Waals surface area (Å²) in [5, 5.41) is 3.25. The van der Waals surface area contributed by atoms with Gasteiger partial charge in [-0.05, 0) is 24.7 Å². The van der Waals surface area contributed by atoms with Gasteiger partial charge in [0.25, 0.3) is 0 Å². The number of hydrogen-bond donors (Lipinski definition) is 1. The van der Waals surface area contributed by atoms with Gasteiger partial charge in [0, 0.05) is 25.1 Å². The van der Waals surface area contributed by atoms with E-state index >= 15 is 0 Å². The summed E-state index contributed by atoms with van der Waals surface area (Å²) >= 11 is 0. The van der Waals surface area contributed by atoms with E-state index in [2.05, 4.69) is 12.2 Å². The second-order valence-electron chi connectivity index (χ2n) is 4.19. The predicted octanol–water partition coefficient (Wildman–Crippen LogP) is 0.811. The summed E-state index contributed by atoms with van der Waals surface area (Å²) in [4.78, 5) is 0. The third kappa shape index (κ3) is 3.27. The Labute approximate surface area is 80.8 Å². The zero-order valence-electron chi connectivity index (χ0n) is 8.47. The van der Waals surface area contributed by atoms with Crippen LogP contribution >= 0.6 is 0 Å². The summed E-state index contributed by atoms with van der Waals surface area (Å²) in [5.74, 6) is 0.342. The third-order valence-electron chi connectivity index (χ3n) is 2.97. The van der Waals surface area contributed by atoms with E-state index in [9.17, 15) is 8.42 Å². The zero-order chi connectivity index (χ0) is 9.95. The molecule has 4 heteroatoms. The quantitative estimate of drug-likeness (QED) is 0.722. The van der Waals surface area contributed by atoms with Gasteiger partial charge in [0.15, 0.2) is 0 Å². The van der Waals surface area contributed by atoms with Crippen LogP contribution in [0.1, 0.15) is 26.2 Å². The van der Waals surface area contributed by atoms with Gasteiger partial charge in [-0.15, -0.1) is 0 Å². The molecule has 1 N–H and O–H groups in total. The Hall–Kier alpha value is -0.0900. The zero-order valence-corrected chi connectivity index (χ0v) is 9.28. The average molecular weight is 205 g/mol. The van der Waals surface area contributed by atoms with Crippen LogP contribution in [0.25, 0.3) is 0 Å². The van der Waals surface area contributed by atoms with E-state index in [1.807, 2.05) is 0 Å². The van der Waals surface area contributed by atoms with Gasteiger partial charge in [0.2, 0.25) is 0 Å². The van der Waals surface area contributed by atoms with Crippen molar-refractivity contribution in [2.24, 2.45) is 5.41 Å². The van der Waals surface area contributed by atoms with E-state index in [-0.39, 0.29) is 0 Å². The first-order valence-corrected chi connectivity index (χ1v) is 6.92. The van der Waals surface area contributed by atoms with Gasteiger partial charge in [0.1, 0.15) is 9.84 Å². The lowest BCUT2D eigenvalue weighted by molar-refractivity contribution is 0.145. The summed E-state index contributed by atoms with van der Waals surface area (Å²) < 4.78 is 21.8. The fourth-order valence-electron chi connectivity index (χ4n) is 1.79. The molecule has 0 aromatic rings. The predicted molar refractivity (Wildman–Crippen MR) is 54.5 cm³/mol. The Morgan fingerprint density at radius 1 is 1.38 bits per heavy atom. The van der Waals surface area contributed by atoms with Gasteiger partial charge in [-0.2, -0.15) is 0 Å². The van der Waals surface area contributed by atoms with Gasteiger partial charge < -0.3 is 5.32 Å². The van der Waals surface area contributed by atoms with E-state index in [1.165, 1.54) is 6.26 Å². The SMILES string of the molecule is CCC1(CCCS(C)(=O)=O)CNC1. The minimum Gasteiger partial charge on any atom is -0.316 e. The molecule has 0 saturated carbocycles. The smallest absolute Gasteiger partial charge is 0.147 e. The molecule has 0 bridgehead atoms. The van der Waals surface area contributed by atoms with Crippen LogP contribution in [0.15, 0.2) is 0 Å². The van der Waals surface area contributed by atoms with Crippen molar-refractivity contribution < 1.29 is 8.42 Å². The Balaban J connectivity index is 2.26. The normalized spacial score (nSPS) is 21.1. The van der Waals surface area contributed by atoms with Crippen molar-refractivity contribution in [3.63, 3.8) is 0 Å². The van der Waals surface area contributed by atoms with E-state index < -0.39 is 9.84 Å². The minimum absolute atomic E-state index is 0.342. The Kier molecular flexibility index (Phi) is 3.35. The van der Waals surface area contributed by atoms with Crippen LogP contribution < -0.4 is 5.32 Å². The number of nitrogens with one attached hydrogen (secondary N) is 1. The standard InChI is InChI=1S/C9H19NO2S/c1-3-9(7-10-8-9)5-4-6-13(2,11)12/h10H,3-8H2,1-2H3. The largest absolute Gasteiger partial charge is 0.316 e. The Morgan fingerprint density at radius 2 is 2.00 bits per heavy atom. The molecular formula is C9H19NO2S. The molecule has 1 rings (SSSR count). The average Bonchev–Trinajstić information content (AvgIpc) is 1.92. The number of hydrogen-bond acceptors (Lipinski definition) is 3. The van der Waals surface area contributed by atoms with Gasteiger partial charge in [-0.3, -0.25) is 0 Å². The van der Waals surface area contributed by atoms with Gasteiger partial charge in [-0.1, -0.05) is 6.92 Å². The van der Waals surface area contributed by atoms with E-state index in [1.54, 1.807) is 0 Å². The van der Waals surface area contributed by atoms with E-state index in [0.29, 0.717) is 11.2 Å². The molecule has 1 heterocycles. The second-order valence-corrected chi connectivity index (χ2v) is 6.45. The minimum atomic E-state index is -2.76. The van der Waals surface area contributed by atoms with Crippen LogP contribution in [-0.2, 0) is 9.84 Å². The number of sulfone groups is 1. The summed E-state index contributed by atoms with van der Waals surface area (Å²) in [7, 11) is -2.76. The molecule has 0 amide bonds. The molecule has 3 nitrogen and oxygen atoms in total. The highest BCUT2D eigenvalue weighted by Gasteiger charge is 2.34. The summed E-state index contributed by atoms with van der Waals surface area (Å²) in [6, 6.07) is 0. The van der Waals surface area contributed by atoms with Crippen molar-refractivity contribution in [2.45, 2.75) is 26.2 Å². The third-order valence-corrected chi connectivity index (χ3v) is 4.00. The maximum Gasteiger partial charge on any atom is 0.147 e. The highest BCUT2D eigenvalue weighted by atomic mass is 32.2.